The molecule has 1 aliphatic rings. The number of aliphatic hydroxyl groups excluding tert-OH is 1. The number of phenolic OH excluding ortho intramolecular Hbond substituents is 1. The van der Waals surface area contributed by atoms with Crippen molar-refractivity contribution < 1.29 is 24.2 Å². The fourth-order valence-electron chi connectivity index (χ4n) is 4.47. The fraction of sp³-hybridized carbons (Fsp3) is 0.200. The molecule has 1 aliphatic carbocycles. The van der Waals surface area contributed by atoms with Crippen LogP contribution in [0, 0.1) is 5.82 Å². The Morgan fingerprint density at radius 2 is 1.91 bits per heavy atom. The third-order valence-corrected chi connectivity index (χ3v) is 6.14. The summed E-state index contributed by atoms with van der Waals surface area (Å²) in [5.41, 5.74) is 7.64. The van der Waals surface area contributed by atoms with Crippen LogP contribution in [0.1, 0.15) is 51.1 Å². The average Bonchev–Trinajstić information content (AvgIpc) is 3.20. The van der Waals surface area contributed by atoms with Gasteiger partial charge in [0, 0.05) is 5.02 Å². The van der Waals surface area contributed by atoms with Crippen LogP contribution in [0.25, 0.3) is 0 Å². The normalized spacial score (nSPS) is 15.7. The Kier molecular flexibility index (Phi) is 6.35. The van der Waals surface area contributed by atoms with E-state index in [1.807, 2.05) is 0 Å². The zero-order valence-corrected chi connectivity index (χ0v) is 18.3. The third-order valence-electron chi connectivity index (χ3n) is 5.92. The average molecular weight is 469 g/mol. The lowest BCUT2D eigenvalue weighted by Crippen LogP contribution is -2.43. The number of fused-ring (bicyclic) bond motifs is 1. The first-order valence-electron chi connectivity index (χ1n) is 10.4. The van der Waals surface area contributed by atoms with Gasteiger partial charge >= 0.3 is 0 Å². The van der Waals surface area contributed by atoms with Crippen LogP contribution >= 0.6 is 11.6 Å². The van der Waals surface area contributed by atoms with Gasteiger partial charge in [-0.05, 0) is 59.4 Å². The van der Waals surface area contributed by atoms with Gasteiger partial charge in [0.25, 0.3) is 5.91 Å². The number of carbonyl (C=O) groups excluding carboxylic acids is 2. The van der Waals surface area contributed by atoms with E-state index in [-0.39, 0.29) is 22.9 Å². The second kappa shape index (κ2) is 9.21. The summed E-state index contributed by atoms with van der Waals surface area (Å²) >= 11 is 6.12. The zero-order valence-electron chi connectivity index (χ0n) is 17.5. The number of aromatic hydroxyl groups is 1. The number of phenols is 1. The predicted molar refractivity (Wildman–Crippen MR) is 121 cm³/mol. The van der Waals surface area contributed by atoms with Crippen LogP contribution in [0.4, 0.5) is 4.39 Å². The number of nitrogens with zero attached hydrogens (tertiary/aromatic N) is 1. The summed E-state index contributed by atoms with van der Waals surface area (Å²) in [5.74, 6) is -2.17. The van der Waals surface area contributed by atoms with Crippen LogP contribution in [0.5, 0.6) is 5.75 Å². The highest BCUT2D eigenvalue weighted by Crippen LogP contribution is 2.43. The van der Waals surface area contributed by atoms with Gasteiger partial charge in [0.2, 0.25) is 5.91 Å². The predicted octanol–water partition coefficient (Wildman–Crippen LogP) is 4.03. The number of carbonyl (C=O) groups is 2. The standard InChI is InChI=1S/C25H22ClFN2O4/c26-16-11-19-17(20(27)12-16)8-9-21(19)29(25(33)18-6-1-2-7-22(18)31)23(24(28)32)15-5-3-4-14(10-15)13-30/h1-7,10-12,21,23,30-31H,8-9,13H2,(H2,28,32)/t21-,23?/m1/s1. The molecule has 1 unspecified atom stereocenters. The SMILES string of the molecule is NC(=O)C(c1cccc(CO)c1)N(C(=O)c1ccccc1O)[C@@H]1CCc2c(F)cc(Cl)cc21. The largest absolute Gasteiger partial charge is 0.507 e. The third kappa shape index (κ3) is 4.29. The van der Waals surface area contributed by atoms with Crippen LogP contribution < -0.4 is 5.73 Å². The van der Waals surface area contributed by atoms with E-state index in [9.17, 15) is 24.2 Å². The van der Waals surface area contributed by atoms with Crippen molar-refractivity contribution in [1.29, 1.82) is 0 Å². The van der Waals surface area contributed by atoms with Crippen molar-refractivity contribution in [1.82, 2.24) is 4.90 Å². The molecular weight excluding hydrogens is 447 g/mol. The highest BCUT2D eigenvalue weighted by molar-refractivity contribution is 6.30. The zero-order chi connectivity index (χ0) is 23.7. The van der Waals surface area contributed by atoms with E-state index < -0.39 is 29.7 Å². The van der Waals surface area contributed by atoms with Gasteiger partial charge in [-0.25, -0.2) is 4.39 Å². The Labute approximate surface area is 195 Å². The van der Waals surface area contributed by atoms with Gasteiger partial charge in [-0.2, -0.15) is 0 Å². The van der Waals surface area contributed by atoms with Crippen molar-refractivity contribution in [3.05, 3.63) is 99.3 Å². The number of rotatable bonds is 6. The van der Waals surface area contributed by atoms with Crippen LogP contribution in [0.15, 0.2) is 60.7 Å². The monoisotopic (exact) mass is 468 g/mol. The van der Waals surface area contributed by atoms with Crippen molar-refractivity contribution in [2.45, 2.75) is 31.5 Å². The smallest absolute Gasteiger partial charge is 0.259 e. The summed E-state index contributed by atoms with van der Waals surface area (Å²) in [6.45, 7) is -0.264. The summed E-state index contributed by atoms with van der Waals surface area (Å²) in [4.78, 5) is 27.8. The van der Waals surface area contributed by atoms with Gasteiger partial charge in [0.15, 0.2) is 0 Å². The summed E-state index contributed by atoms with van der Waals surface area (Å²) in [6, 6.07) is 13.4. The van der Waals surface area contributed by atoms with E-state index in [0.29, 0.717) is 35.1 Å². The Bertz CT molecular complexity index is 1230. The maximum atomic E-state index is 14.6. The Morgan fingerprint density at radius 3 is 2.61 bits per heavy atom. The summed E-state index contributed by atoms with van der Waals surface area (Å²) < 4.78 is 14.6. The molecule has 2 atom stereocenters. The Hall–Kier alpha value is -3.42. The number of primary amides is 1. The molecule has 0 saturated carbocycles. The molecule has 0 aromatic heterocycles. The number of amides is 2. The molecule has 8 heteroatoms. The molecule has 3 aromatic carbocycles. The molecule has 0 spiro atoms. The van der Waals surface area contributed by atoms with Crippen LogP contribution in [0.3, 0.4) is 0 Å². The second-order valence-electron chi connectivity index (χ2n) is 7.95. The van der Waals surface area contributed by atoms with Crippen molar-refractivity contribution in [2.75, 3.05) is 0 Å². The van der Waals surface area contributed by atoms with Crippen molar-refractivity contribution in [2.24, 2.45) is 5.73 Å². The molecule has 0 fully saturated rings. The molecular formula is C25H22ClFN2O4. The fourth-order valence-corrected chi connectivity index (χ4v) is 4.68. The molecule has 0 bridgehead atoms. The number of hydrogen-bond acceptors (Lipinski definition) is 4. The molecule has 0 aliphatic heterocycles. The molecule has 4 N–H and O–H groups in total. The number of para-hydroxylation sites is 1. The Balaban J connectivity index is 1.91. The van der Waals surface area contributed by atoms with Gasteiger partial charge in [-0.15, -0.1) is 0 Å². The molecule has 6 nitrogen and oxygen atoms in total. The first-order chi connectivity index (χ1) is 15.8. The van der Waals surface area contributed by atoms with E-state index in [4.69, 9.17) is 17.3 Å². The van der Waals surface area contributed by atoms with Crippen molar-refractivity contribution >= 4 is 23.4 Å². The van der Waals surface area contributed by atoms with Crippen LogP contribution in [-0.4, -0.2) is 26.9 Å². The lowest BCUT2D eigenvalue weighted by molar-refractivity contribution is -0.123. The number of aliphatic hydroxyl groups is 1. The minimum Gasteiger partial charge on any atom is -0.507 e. The number of hydrogen-bond donors (Lipinski definition) is 3. The van der Waals surface area contributed by atoms with E-state index in [2.05, 4.69) is 0 Å². The highest BCUT2D eigenvalue weighted by atomic mass is 35.5. The molecule has 3 aromatic rings. The van der Waals surface area contributed by atoms with E-state index in [1.165, 1.54) is 23.1 Å². The molecule has 33 heavy (non-hydrogen) atoms. The molecule has 0 heterocycles. The lowest BCUT2D eigenvalue weighted by Gasteiger charge is -2.36. The first kappa shape index (κ1) is 22.8. The van der Waals surface area contributed by atoms with Crippen molar-refractivity contribution in [3.8, 4) is 5.75 Å². The maximum absolute atomic E-state index is 14.6. The molecule has 170 valence electrons. The quantitative estimate of drug-likeness (QED) is 0.508. The van der Waals surface area contributed by atoms with Gasteiger partial charge in [0.1, 0.15) is 17.6 Å². The van der Waals surface area contributed by atoms with E-state index in [0.717, 1.165) is 0 Å². The second-order valence-corrected chi connectivity index (χ2v) is 8.38. The molecule has 4 rings (SSSR count). The number of halogens is 2. The van der Waals surface area contributed by atoms with Crippen molar-refractivity contribution in [3.63, 3.8) is 0 Å². The minimum atomic E-state index is -1.23. The van der Waals surface area contributed by atoms with Crippen LogP contribution in [0.2, 0.25) is 5.02 Å². The molecule has 0 radical (unpaired) electrons. The lowest BCUT2D eigenvalue weighted by atomic mass is 9.96. The summed E-state index contributed by atoms with van der Waals surface area (Å²) in [6.07, 6.45) is 0.686. The minimum absolute atomic E-state index is 0.0157. The number of nitrogens with two attached hydrogens (primary N) is 1. The topological polar surface area (TPSA) is 104 Å². The van der Waals surface area contributed by atoms with Crippen LogP contribution in [-0.2, 0) is 17.8 Å². The number of benzene rings is 3. The van der Waals surface area contributed by atoms with E-state index >= 15 is 0 Å². The first-order valence-corrected chi connectivity index (χ1v) is 10.8. The van der Waals surface area contributed by atoms with Gasteiger partial charge in [0.05, 0.1) is 18.2 Å². The maximum Gasteiger partial charge on any atom is 0.259 e. The summed E-state index contributed by atoms with van der Waals surface area (Å²) in [5, 5.41) is 20.1. The summed E-state index contributed by atoms with van der Waals surface area (Å²) in [7, 11) is 0. The Morgan fingerprint density at radius 1 is 1.15 bits per heavy atom. The molecule has 0 saturated heterocycles. The van der Waals surface area contributed by atoms with Gasteiger partial charge in [-0.3, -0.25) is 9.59 Å². The van der Waals surface area contributed by atoms with Gasteiger partial charge < -0.3 is 20.8 Å². The highest BCUT2D eigenvalue weighted by Gasteiger charge is 2.41. The van der Waals surface area contributed by atoms with E-state index in [1.54, 1.807) is 42.5 Å². The van der Waals surface area contributed by atoms with Gasteiger partial charge in [-0.1, -0.05) is 48.0 Å². The molecule has 2 amide bonds.